The summed E-state index contributed by atoms with van der Waals surface area (Å²) in [7, 11) is 0. The molecule has 0 spiro atoms. The van der Waals surface area contributed by atoms with Gasteiger partial charge in [0.05, 0.1) is 0 Å². The molecule has 0 unspecified atom stereocenters. The molecular weight excluding hydrogens is 380 g/mol. The highest BCUT2D eigenvalue weighted by Gasteiger charge is 2.09. The van der Waals surface area contributed by atoms with E-state index < -0.39 is 5.97 Å². The quantitative estimate of drug-likeness (QED) is 0.348. The van der Waals surface area contributed by atoms with Gasteiger partial charge >= 0.3 is 5.97 Å². The Morgan fingerprint density at radius 2 is 1.10 bits per heavy atom. The van der Waals surface area contributed by atoms with Crippen LogP contribution in [0.5, 0.6) is 0 Å². The van der Waals surface area contributed by atoms with Gasteiger partial charge in [0.2, 0.25) is 0 Å². The van der Waals surface area contributed by atoms with E-state index in [1.54, 1.807) is 0 Å². The normalized spacial score (nSPS) is 10.7. The lowest BCUT2D eigenvalue weighted by Gasteiger charge is -2.13. The minimum atomic E-state index is -0.752. The lowest BCUT2D eigenvalue weighted by molar-refractivity contribution is -0.136. The second-order valence-corrected chi connectivity index (χ2v) is 7.83. The molecule has 2 heteroatoms. The SMILES string of the molecule is O=C(O)CCc1cccc(CCc2ccc(-c3ccccc3)c(-c3ccccc3)c2)c1. The number of benzene rings is 4. The third kappa shape index (κ3) is 5.49. The third-order valence-corrected chi connectivity index (χ3v) is 5.57. The first kappa shape index (κ1) is 20.6. The van der Waals surface area contributed by atoms with Gasteiger partial charge < -0.3 is 5.11 Å². The summed E-state index contributed by atoms with van der Waals surface area (Å²) in [6.45, 7) is 0. The summed E-state index contributed by atoms with van der Waals surface area (Å²) in [5, 5.41) is 8.92. The van der Waals surface area contributed by atoms with Crippen molar-refractivity contribution in [2.45, 2.75) is 25.7 Å². The summed E-state index contributed by atoms with van der Waals surface area (Å²) in [5.41, 5.74) is 8.57. The number of aryl methyl sites for hydroxylation is 3. The molecule has 154 valence electrons. The van der Waals surface area contributed by atoms with Gasteiger partial charge in [-0.05, 0) is 58.2 Å². The maximum absolute atomic E-state index is 10.8. The van der Waals surface area contributed by atoms with Crippen molar-refractivity contribution < 1.29 is 9.90 Å². The van der Waals surface area contributed by atoms with Crippen LogP contribution in [0, 0.1) is 0 Å². The number of carboxylic acids is 1. The van der Waals surface area contributed by atoms with E-state index in [0.29, 0.717) is 6.42 Å². The van der Waals surface area contributed by atoms with Crippen molar-refractivity contribution in [3.8, 4) is 22.3 Å². The van der Waals surface area contributed by atoms with Gasteiger partial charge in [-0.3, -0.25) is 4.79 Å². The maximum atomic E-state index is 10.8. The number of hydrogen-bond donors (Lipinski definition) is 1. The number of aliphatic carboxylic acids is 1. The average Bonchev–Trinajstić information content (AvgIpc) is 2.83. The molecule has 0 aliphatic heterocycles. The Balaban J connectivity index is 1.57. The van der Waals surface area contributed by atoms with Gasteiger partial charge in [0.15, 0.2) is 0 Å². The van der Waals surface area contributed by atoms with Gasteiger partial charge in [-0.2, -0.15) is 0 Å². The van der Waals surface area contributed by atoms with Gasteiger partial charge in [0.1, 0.15) is 0 Å². The average molecular weight is 407 g/mol. The minimum absolute atomic E-state index is 0.171. The van der Waals surface area contributed by atoms with Crippen molar-refractivity contribution in [3.63, 3.8) is 0 Å². The van der Waals surface area contributed by atoms with E-state index in [1.165, 1.54) is 33.4 Å². The van der Waals surface area contributed by atoms with Crippen LogP contribution in [0.25, 0.3) is 22.3 Å². The van der Waals surface area contributed by atoms with Crippen LogP contribution >= 0.6 is 0 Å². The second kappa shape index (κ2) is 9.90. The van der Waals surface area contributed by atoms with Crippen LogP contribution in [0.1, 0.15) is 23.1 Å². The van der Waals surface area contributed by atoms with Gasteiger partial charge in [-0.1, -0.05) is 103 Å². The van der Waals surface area contributed by atoms with E-state index in [4.69, 9.17) is 5.11 Å². The monoisotopic (exact) mass is 406 g/mol. The first-order chi connectivity index (χ1) is 15.2. The van der Waals surface area contributed by atoms with E-state index in [0.717, 1.165) is 18.4 Å². The fraction of sp³-hybridized carbons (Fsp3) is 0.138. The smallest absolute Gasteiger partial charge is 0.303 e. The van der Waals surface area contributed by atoms with Crippen molar-refractivity contribution >= 4 is 5.97 Å². The molecular formula is C29H26O2. The van der Waals surface area contributed by atoms with Crippen molar-refractivity contribution in [1.82, 2.24) is 0 Å². The van der Waals surface area contributed by atoms with Crippen molar-refractivity contribution in [2.24, 2.45) is 0 Å². The topological polar surface area (TPSA) is 37.3 Å². The summed E-state index contributed by atoms with van der Waals surface area (Å²) in [6.07, 6.45) is 2.62. The molecule has 0 bridgehead atoms. The molecule has 0 atom stereocenters. The van der Waals surface area contributed by atoms with Crippen molar-refractivity contribution in [1.29, 1.82) is 0 Å². The predicted octanol–water partition coefficient (Wildman–Crippen LogP) is 6.82. The Bertz CT molecular complexity index is 1150. The fourth-order valence-corrected chi connectivity index (χ4v) is 3.95. The van der Waals surface area contributed by atoms with E-state index in [2.05, 4.69) is 78.9 Å². The maximum Gasteiger partial charge on any atom is 0.303 e. The number of hydrogen-bond acceptors (Lipinski definition) is 1. The molecule has 0 aliphatic rings. The molecule has 0 fully saturated rings. The van der Waals surface area contributed by atoms with Gasteiger partial charge in [0, 0.05) is 6.42 Å². The fourth-order valence-electron chi connectivity index (χ4n) is 3.95. The molecule has 0 saturated heterocycles. The van der Waals surface area contributed by atoms with E-state index in [1.807, 2.05) is 24.3 Å². The third-order valence-electron chi connectivity index (χ3n) is 5.57. The van der Waals surface area contributed by atoms with Gasteiger partial charge in [-0.25, -0.2) is 0 Å². The Hall–Kier alpha value is -3.65. The summed E-state index contributed by atoms with van der Waals surface area (Å²) in [5.74, 6) is -0.752. The first-order valence-electron chi connectivity index (χ1n) is 10.7. The van der Waals surface area contributed by atoms with Crippen LogP contribution in [0.3, 0.4) is 0 Å². The predicted molar refractivity (Wildman–Crippen MR) is 127 cm³/mol. The summed E-state index contributed by atoms with van der Waals surface area (Å²) >= 11 is 0. The van der Waals surface area contributed by atoms with E-state index in [-0.39, 0.29) is 6.42 Å². The molecule has 4 aromatic rings. The first-order valence-corrected chi connectivity index (χ1v) is 10.7. The summed E-state index contributed by atoms with van der Waals surface area (Å²) < 4.78 is 0. The van der Waals surface area contributed by atoms with Crippen molar-refractivity contribution in [3.05, 3.63) is 120 Å². The number of carboxylic acid groups (broad SMARTS) is 1. The lowest BCUT2D eigenvalue weighted by atomic mass is 9.91. The van der Waals surface area contributed by atoms with Gasteiger partial charge in [-0.15, -0.1) is 0 Å². The molecule has 0 heterocycles. The van der Waals surface area contributed by atoms with Crippen LogP contribution in [0.15, 0.2) is 103 Å². The zero-order chi connectivity index (χ0) is 21.5. The molecule has 0 saturated carbocycles. The summed E-state index contributed by atoms with van der Waals surface area (Å²) in [6, 6.07) is 36.1. The lowest BCUT2D eigenvalue weighted by Crippen LogP contribution is -1.99. The molecule has 0 amide bonds. The van der Waals surface area contributed by atoms with Gasteiger partial charge in [0.25, 0.3) is 0 Å². The molecule has 2 nitrogen and oxygen atoms in total. The Morgan fingerprint density at radius 3 is 1.71 bits per heavy atom. The Kier molecular flexibility index (Phi) is 6.59. The van der Waals surface area contributed by atoms with Crippen LogP contribution in [0.4, 0.5) is 0 Å². The van der Waals surface area contributed by atoms with Crippen LogP contribution < -0.4 is 0 Å². The number of carbonyl (C=O) groups is 1. The van der Waals surface area contributed by atoms with E-state index >= 15 is 0 Å². The molecule has 0 aliphatic carbocycles. The summed E-state index contributed by atoms with van der Waals surface area (Å²) in [4.78, 5) is 10.8. The standard InChI is InChI=1S/C29H26O2/c30-29(31)19-17-23-9-7-8-22(20-23)14-15-24-16-18-27(25-10-3-1-4-11-25)28(21-24)26-12-5-2-6-13-26/h1-13,16,18,20-21H,14-15,17,19H2,(H,30,31). The molecule has 4 aromatic carbocycles. The largest absolute Gasteiger partial charge is 0.481 e. The molecule has 1 N–H and O–H groups in total. The van der Waals surface area contributed by atoms with Crippen molar-refractivity contribution in [2.75, 3.05) is 0 Å². The highest BCUT2D eigenvalue weighted by atomic mass is 16.4. The van der Waals surface area contributed by atoms with Crippen LogP contribution in [-0.2, 0) is 24.1 Å². The van der Waals surface area contributed by atoms with Crippen LogP contribution in [-0.4, -0.2) is 11.1 Å². The highest BCUT2D eigenvalue weighted by Crippen LogP contribution is 2.33. The number of rotatable bonds is 8. The highest BCUT2D eigenvalue weighted by molar-refractivity contribution is 5.83. The molecule has 0 radical (unpaired) electrons. The molecule has 4 rings (SSSR count). The minimum Gasteiger partial charge on any atom is -0.481 e. The zero-order valence-electron chi connectivity index (χ0n) is 17.5. The second-order valence-electron chi connectivity index (χ2n) is 7.83. The zero-order valence-corrected chi connectivity index (χ0v) is 17.5. The Labute approximate surface area is 183 Å². The molecule has 31 heavy (non-hydrogen) atoms. The Morgan fingerprint density at radius 1 is 0.548 bits per heavy atom. The molecule has 0 aromatic heterocycles. The van der Waals surface area contributed by atoms with Crippen LogP contribution in [0.2, 0.25) is 0 Å². The van der Waals surface area contributed by atoms with E-state index in [9.17, 15) is 4.79 Å².